The quantitative estimate of drug-likeness (QED) is 0.612. The Morgan fingerprint density at radius 2 is 2.11 bits per heavy atom. The van der Waals surface area contributed by atoms with E-state index in [0.717, 1.165) is 10.6 Å². The van der Waals surface area contributed by atoms with Gasteiger partial charge in [-0.15, -0.1) is 0 Å². The van der Waals surface area contributed by atoms with Gasteiger partial charge < -0.3 is 14.7 Å². The van der Waals surface area contributed by atoms with Crippen molar-refractivity contribution in [3.63, 3.8) is 0 Å². The monoisotopic (exact) mass is 482 g/mol. The summed E-state index contributed by atoms with van der Waals surface area (Å²) >= 11 is 0. The molecule has 2 aliphatic heterocycles. The molecule has 2 amide bonds. The lowest BCUT2D eigenvalue weighted by Gasteiger charge is -2.28. The second-order valence-electron chi connectivity index (χ2n) is 8.73. The first kappa shape index (κ1) is 22.7. The summed E-state index contributed by atoms with van der Waals surface area (Å²) in [7, 11) is 1.78. The van der Waals surface area contributed by atoms with Crippen LogP contribution in [0.3, 0.4) is 0 Å². The Bertz CT molecular complexity index is 1380. The van der Waals surface area contributed by atoms with Gasteiger partial charge in [0.2, 0.25) is 5.91 Å². The first-order valence-electron chi connectivity index (χ1n) is 11.1. The number of carbonyl (C=O) groups is 2. The van der Waals surface area contributed by atoms with E-state index in [2.05, 4.69) is 10.2 Å². The molecule has 1 saturated heterocycles. The molecular weight excluding hydrogens is 461 g/mol. The predicted octanol–water partition coefficient (Wildman–Crippen LogP) is 3.71. The third kappa shape index (κ3) is 3.84. The molecule has 0 bridgehead atoms. The van der Waals surface area contributed by atoms with Crippen LogP contribution in [0, 0.1) is 11.3 Å². The second kappa shape index (κ2) is 8.30. The van der Waals surface area contributed by atoms with Crippen LogP contribution < -0.4 is 4.90 Å². The number of fused-ring (bicyclic) bond motifs is 2. The summed E-state index contributed by atoms with van der Waals surface area (Å²) in [5, 5.41) is 16.7. The molecule has 1 N–H and O–H groups in total. The van der Waals surface area contributed by atoms with Gasteiger partial charge in [-0.3, -0.25) is 14.7 Å². The van der Waals surface area contributed by atoms with Gasteiger partial charge in [0, 0.05) is 31.2 Å². The molecule has 5 rings (SSSR count). The van der Waals surface area contributed by atoms with E-state index in [4.69, 9.17) is 0 Å². The summed E-state index contributed by atoms with van der Waals surface area (Å²) < 4.78 is 39.9. The Balaban J connectivity index is 1.40. The van der Waals surface area contributed by atoms with Crippen LogP contribution in [-0.2, 0) is 11.3 Å². The lowest BCUT2D eigenvalue weighted by molar-refractivity contribution is -0.182. The fourth-order valence-electron chi connectivity index (χ4n) is 4.90. The van der Waals surface area contributed by atoms with Crippen LogP contribution in [0.25, 0.3) is 10.9 Å². The van der Waals surface area contributed by atoms with E-state index in [9.17, 15) is 28.0 Å². The third-order valence-corrected chi connectivity index (χ3v) is 6.67. The number of nitrogens with one attached hydrogen (secondary N) is 1. The molecular formula is C24H21F3N6O2. The number of hydrogen-bond donors (Lipinski definition) is 1. The van der Waals surface area contributed by atoms with E-state index in [0.29, 0.717) is 27.7 Å². The third-order valence-electron chi connectivity index (χ3n) is 6.67. The molecule has 180 valence electrons. The number of nitriles is 1. The summed E-state index contributed by atoms with van der Waals surface area (Å²) in [5.74, 6) is -1.10. The fourth-order valence-corrected chi connectivity index (χ4v) is 4.90. The van der Waals surface area contributed by atoms with E-state index >= 15 is 0 Å². The highest BCUT2D eigenvalue weighted by atomic mass is 19.4. The molecule has 1 aromatic heterocycles. The zero-order valence-corrected chi connectivity index (χ0v) is 18.8. The zero-order valence-electron chi connectivity index (χ0n) is 18.8. The van der Waals surface area contributed by atoms with Crippen molar-refractivity contribution in [2.24, 2.45) is 0 Å². The van der Waals surface area contributed by atoms with Crippen molar-refractivity contribution >= 4 is 34.1 Å². The first-order chi connectivity index (χ1) is 16.7. The standard InChI is InChI=1S/C24H21F3N6O2/c1-31(15-7-8-17-16(10-15)18(11-28)30-29-17)19-5-2-4-14-12-32(23(35)22(14)19)13-21(34)33-9-3-6-20(33)24(25,26)27/h2,4-5,7-8,10,20H,3,6,9,12-13H2,1H3,(H,29,30)/t20-/m0/s1. The Labute approximate surface area is 198 Å². The van der Waals surface area contributed by atoms with Gasteiger partial charge in [-0.2, -0.15) is 23.5 Å². The minimum atomic E-state index is -4.48. The number of alkyl halides is 3. The smallest absolute Gasteiger partial charge is 0.344 e. The SMILES string of the molecule is CN(c1ccc2[nH]nc(C#N)c2c1)c1cccc2c1C(=O)N(CC(=O)N1CCC[C@H]1C(F)(F)F)C2. The van der Waals surface area contributed by atoms with Crippen molar-refractivity contribution in [2.45, 2.75) is 31.6 Å². The lowest BCUT2D eigenvalue weighted by Crippen LogP contribution is -2.48. The van der Waals surface area contributed by atoms with Gasteiger partial charge in [-0.1, -0.05) is 12.1 Å². The molecule has 0 saturated carbocycles. The Morgan fingerprint density at radius 1 is 1.31 bits per heavy atom. The van der Waals surface area contributed by atoms with Crippen molar-refractivity contribution in [1.82, 2.24) is 20.0 Å². The van der Waals surface area contributed by atoms with Crippen molar-refractivity contribution in [2.75, 3.05) is 25.0 Å². The Morgan fingerprint density at radius 3 is 2.86 bits per heavy atom. The number of nitrogens with zero attached hydrogens (tertiary/aromatic N) is 5. The van der Waals surface area contributed by atoms with Crippen LogP contribution in [-0.4, -0.2) is 64.2 Å². The number of aromatic amines is 1. The van der Waals surface area contributed by atoms with Gasteiger partial charge >= 0.3 is 6.18 Å². The van der Waals surface area contributed by atoms with E-state index in [1.165, 1.54) is 4.90 Å². The molecule has 1 fully saturated rings. The van der Waals surface area contributed by atoms with E-state index in [-0.39, 0.29) is 31.6 Å². The molecule has 0 radical (unpaired) electrons. The highest BCUT2D eigenvalue weighted by molar-refractivity contribution is 6.05. The van der Waals surface area contributed by atoms with Gasteiger partial charge in [0.1, 0.15) is 18.7 Å². The van der Waals surface area contributed by atoms with E-state index in [1.807, 2.05) is 12.1 Å². The molecule has 2 aromatic carbocycles. The summed E-state index contributed by atoms with van der Waals surface area (Å²) in [6.07, 6.45) is -4.32. The number of amides is 2. The van der Waals surface area contributed by atoms with Crippen LogP contribution in [0.1, 0.15) is 34.5 Å². The van der Waals surface area contributed by atoms with Gasteiger partial charge in [-0.25, -0.2) is 0 Å². The molecule has 0 aliphatic carbocycles. The molecule has 0 spiro atoms. The number of halogens is 3. The highest BCUT2D eigenvalue weighted by Gasteiger charge is 2.48. The molecule has 11 heteroatoms. The average molecular weight is 482 g/mol. The van der Waals surface area contributed by atoms with Gasteiger partial charge in [0.25, 0.3) is 5.91 Å². The predicted molar refractivity (Wildman–Crippen MR) is 121 cm³/mol. The lowest BCUT2D eigenvalue weighted by atomic mass is 10.1. The summed E-state index contributed by atoms with van der Waals surface area (Å²) in [4.78, 5) is 30.0. The van der Waals surface area contributed by atoms with Gasteiger partial charge in [-0.05, 0) is 42.7 Å². The largest absolute Gasteiger partial charge is 0.408 e. The molecule has 35 heavy (non-hydrogen) atoms. The van der Waals surface area contributed by atoms with E-state index in [1.54, 1.807) is 42.3 Å². The number of likely N-dealkylation sites (tertiary alicyclic amines) is 1. The Kier molecular flexibility index (Phi) is 5.39. The Hall–Kier alpha value is -4.07. The number of aromatic nitrogens is 2. The van der Waals surface area contributed by atoms with Crippen molar-refractivity contribution in [3.8, 4) is 6.07 Å². The summed E-state index contributed by atoms with van der Waals surface area (Å²) in [6, 6.07) is 11.0. The van der Waals surface area contributed by atoms with Gasteiger partial charge in [0.15, 0.2) is 5.69 Å². The van der Waals surface area contributed by atoms with Crippen LogP contribution in [0.4, 0.5) is 24.5 Å². The number of hydrogen-bond acceptors (Lipinski definition) is 5. The first-order valence-corrected chi connectivity index (χ1v) is 11.1. The summed E-state index contributed by atoms with van der Waals surface area (Å²) in [5.41, 5.74) is 3.38. The van der Waals surface area contributed by atoms with Crippen LogP contribution in [0.2, 0.25) is 0 Å². The topological polar surface area (TPSA) is 96.3 Å². The van der Waals surface area contributed by atoms with Crippen molar-refractivity contribution < 1.29 is 22.8 Å². The van der Waals surface area contributed by atoms with E-state index < -0.39 is 30.6 Å². The molecule has 1 atom stereocenters. The maximum absolute atomic E-state index is 13.3. The van der Waals surface area contributed by atoms with Crippen LogP contribution >= 0.6 is 0 Å². The molecule has 2 aliphatic rings. The number of rotatable bonds is 4. The van der Waals surface area contributed by atoms with Gasteiger partial charge in [0.05, 0.1) is 16.8 Å². The number of H-pyrrole nitrogens is 1. The molecule has 8 nitrogen and oxygen atoms in total. The minimum Gasteiger partial charge on any atom is -0.344 e. The van der Waals surface area contributed by atoms with Crippen molar-refractivity contribution in [1.29, 1.82) is 5.26 Å². The zero-order chi connectivity index (χ0) is 24.9. The van der Waals surface area contributed by atoms with Crippen molar-refractivity contribution in [3.05, 3.63) is 53.2 Å². The maximum atomic E-state index is 13.3. The normalized spacial score (nSPS) is 17.7. The second-order valence-corrected chi connectivity index (χ2v) is 8.73. The fraction of sp³-hybridized carbons (Fsp3) is 0.333. The minimum absolute atomic E-state index is 0.0349. The maximum Gasteiger partial charge on any atom is 0.408 e. The highest BCUT2D eigenvalue weighted by Crippen LogP contribution is 2.37. The molecule has 3 aromatic rings. The van der Waals surface area contributed by atoms with Crippen LogP contribution in [0.15, 0.2) is 36.4 Å². The average Bonchev–Trinajstić information content (AvgIpc) is 3.55. The molecule has 3 heterocycles. The summed E-state index contributed by atoms with van der Waals surface area (Å²) in [6.45, 7) is -0.228. The number of benzene rings is 2. The molecule has 0 unspecified atom stereocenters. The number of carbonyl (C=O) groups excluding carboxylic acids is 2. The number of anilines is 2. The van der Waals surface area contributed by atoms with Crippen LogP contribution in [0.5, 0.6) is 0 Å².